The van der Waals surface area contributed by atoms with Crippen molar-refractivity contribution in [3.8, 4) is 0 Å². The van der Waals surface area contributed by atoms with Gasteiger partial charge in [0.05, 0.1) is 6.61 Å². The highest BCUT2D eigenvalue weighted by molar-refractivity contribution is 9.10. The number of halogens is 1. The minimum Gasteiger partial charge on any atom is -0.450 e. The third-order valence-electron chi connectivity index (χ3n) is 5.19. The number of aliphatic hydroxyl groups excluding tert-OH is 1. The average molecular weight is 427 g/mol. The van der Waals surface area contributed by atoms with Crippen LogP contribution in [0.15, 0.2) is 28.7 Å². The number of carbonyl (C=O) groups excluding carboxylic acids is 1. The quantitative estimate of drug-likeness (QED) is 0.690. The highest BCUT2D eigenvalue weighted by Gasteiger charge is 2.33. The molecule has 0 radical (unpaired) electrons. The molecule has 1 aromatic rings. The molecule has 1 N–H and O–H groups in total. The molecule has 2 atom stereocenters. The van der Waals surface area contributed by atoms with Gasteiger partial charge in [0.25, 0.3) is 0 Å². The Morgan fingerprint density at radius 3 is 2.77 bits per heavy atom. The van der Waals surface area contributed by atoms with Gasteiger partial charge in [0.15, 0.2) is 0 Å². The van der Waals surface area contributed by atoms with Gasteiger partial charge in [-0.1, -0.05) is 28.1 Å². The molecule has 146 valence electrons. The van der Waals surface area contributed by atoms with E-state index in [2.05, 4.69) is 52.1 Å². The molecule has 1 fully saturated rings. The Morgan fingerprint density at radius 1 is 1.38 bits per heavy atom. The second-order valence-corrected chi connectivity index (χ2v) is 7.90. The Kier molecular flexibility index (Phi) is 8.88. The van der Waals surface area contributed by atoms with Crippen LogP contribution in [0.2, 0.25) is 0 Å². The van der Waals surface area contributed by atoms with Gasteiger partial charge in [0.2, 0.25) is 0 Å². The Bertz CT molecular complexity index is 552. The van der Waals surface area contributed by atoms with Crippen LogP contribution >= 0.6 is 15.9 Å². The number of amides is 1. The van der Waals surface area contributed by atoms with Crippen molar-refractivity contribution in [1.29, 1.82) is 0 Å². The van der Waals surface area contributed by atoms with E-state index in [1.165, 1.54) is 5.56 Å². The van der Waals surface area contributed by atoms with Crippen LogP contribution in [0.5, 0.6) is 0 Å². The Morgan fingerprint density at radius 2 is 2.12 bits per heavy atom. The maximum Gasteiger partial charge on any atom is 0.409 e. The standard InChI is InChI=1S/C20H31BrN2O3/c1-3-26-20(25)23-13-11-19(17(15-23)5-4-14-24)22(2)12-10-16-6-8-18(21)9-7-16/h6-9,17,19,24H,3-5,10-15H2,1-2H3. The first-order chi connectivity index (χ1) is 12.5. The highest BCUT2D eigenvalue weighted by atomic mass is 79.9. The summed E-state index contributed by atoms with van der Waals surface area (Å²) in [6.07, 6.45) is 3.45. The number of benzene rings is 1. The first-order valence-corrected chi connectivity index (χ1v) is 10.3. The smallest absolute Gasteiger partial charge is 0.409 e. The minimum atomic E-state index is -0.211. The largest absolute Gasteiger partial charge is 0.450 e. The lowest BCUT2D eigenvalue weighted by Gasteiger charge is -2.42. The minimum absolute atomic E-state index is 0.200. The van der Waals surface area contributed by atoms with Gasteiger partial charge in [-0.2, -0.15) is 0 Å². The van der Waals surface area contributed by atoms with E-state index in [4.69, 9.17) is 4.74 Å². The fourth-order valence-corrected chi connectivity index (χ4v) is 4.00. The normalized spacial score (nSPS) is 20.4. The lowest BCUT2D eigenvalue weighted by Crippen LogP contribution is -2.52. The zero-order valence-electron chi connectivity index (χ0n) is 15.9. The topological polar surface area (TPSA) is 53.0 Å². The van der Waals surface area contributed by atoms with Crippen LogP contribution in [0.3, 0.4) is 0 Å². The molecule has 2 rings (SSSR count). The van der Waals surface area contributed by atoms with Crippen molar-refractivity contribution < 1.29 is 14.6 Å². The summed E-state index contributed by atoms with van der Waals surface area (Å²) in [6.45, 7) is 4.89. The van der Waals surface area contributed by atoms with Crippen LogP contribution in [0.25, 0.3) is 0 Å². The van der Waals surface area contributed by atoms with Gasteiger partial charge < -0.3 is 19.6 Å². The van der Waals surface area contributed by atoms with Crippen molar-refractivity contribution in [3.05, 3.63) is 34.3 Å². The molecule has 2 unspecified atom stereocenters. The number of likely N-dealkylation sites (N-methyl/N-ethyl adjacent to an activating group) is 1. The maximum atomic E-state index is 12.1. The number of piperidine rings is 1. The third kappa shape index (κ3) is 6.25. The first-order valence-electron chi connectivity index (χ1n) is 9.52. The molecule has 1 heterocycles. The predicted molar refractivity (Wildman–Crippen MR) is 107 cm³/mol. The molecule has 5 nitrogen and oxygen atoms in total. The van der Waals surface area contributed by atoms with Crippen molar-refractivity contribution in [3.63, 3.8) is 0 Å². The van der Waals surface area contributed by atoms with E-state index in [9.17, 15) is 9.90 Å². The second kappa shape index (κ2) is 10.9. The molecule has 1 aliphatic heterocycles. The van der Waals surface area contributed by atoms with Crippen LogP contribution in [-0.4, -0.2) is 66.9 Å². The number of carbonyl (C=O) groups is 1. The number of nitrogens with zero attached hydrogens (tertiary/aromatic N) is 2. The van der Waals surface area contributed by atoms with Crippen molar-refractivity contribution in [2.24, 2.45) is 5.92 Å². The van der Waals surface area contributed by atoms with E-state index in [0.717, 1.165) is 43.2 Å². The van der Waals surface area contributed by atoms with Crippen LogP contribution < -0.4 is 0 Å². The zero-order chi connectivity index (χ0) is 18.9. The summed E-state index contributed by atoms with van der Waals surface area (Å²) in [5, 5.41) is 9.23. The number of hydrogen-bond donors (Lipinski definition) is 1. The SMILES string of the molecule is CCOC(=O)N1CCC(N(C)CCc2ccc(Br)cc2)C(CCCO)C1. The summed E-state index contributed by atoms with van der Waals surface area (Å²) in [5.41, 5.74) is 1.33. The van der Waals surface area contributed by atoms with E-state index in [1.54, 1.807) is 0 Å². The van der Waals surface area contributed by atoms with Gasteiger partial charge in [-0.15, -0.1) is 0 Å². The maximum absolute atomic E-state index is 12.1. The molecule has 0 spiro atoms. The fourth-order valence-electron chi connectivity index (χ4n) is 3.74. The van der Waals surface area contributed by atoms with Crippen molar-refractivity contribution >= 4 is 22.0 Å². The van der Waals surface area contributed by atoms with Crippen LogP contribution in [0.1, 0.15) is 31.7 Å². The predicted octanol–water partition coefficient (Wildman–Crippen LogP) is 3.54. The van der Waals surface area contributed by atoms with E-state index < -0.39 is 0 Å². The Labute approximate surface area is 165 Å². The number of rotatable bonds is 8. The monoisotopic (exact) mass is 426 g/mol. The van der Waals surface area contributed by atoms with E-state index in [-0.39, 0.29) is 12.7 Å². The van der Waals surface area contributed by atoms with Crippen molar-refractivity contribution in [2.45, 2.75) is 38.6 Å². The third-order valence-corrected chi connectivity index (χ3v) is 5.71. The van der Waals surface area contributed by atoms with Crippen LogP contribution in [-0.2, 0) is 11.2 Å². The Balaban J connectivity index is 1.93. The van der Waals surface area contributed by atoms with Gasteiger partial charge in [-0.05, 0) is 63.3 Å². The highest BCUT2D eigenvalue weighted by Crippen LogP contribution is 2.26. The van der Waals surface area contributed by atoms with Gasteiger partial charge in [-0.3, -0.25) is 0 Å². The Hall–Kier alpha value is -1.11. The fraction of sp³-hybridized carbons (Fsp3) is 0.650. The molecular weight excluding hydrogens is 396 g/mol. The van der Waals surface area contributed by atoms with Gasteiger partial charge in [-0.25, -0.2) is 4.79 Å². The summed E-state index contributed by atoms with van der Waals surface area (Å²) >= 11 is 3.48. The molecule has 1 aromatic carbocycles. The van der Waals surface area contributed by atoms with Crippen LogP contribution in [0, 0.1) is 5.92 Å². The number of aliphatic hydroxyl groups is 1. The molecule has 0 bridgehead atoms. The lowest BCUT2D eigenvalue weighted by molar-refractivity contribution is 0.0475. The molecule has 1 aliphatic rings. The van der Waals surface area contributed by atoms with E-state index >= 15 is 0 Å². The molecule has 26 heavy (non-hydrogen) atoms. The van der Waals surface area contributed by atoms with Gasteiger partial charge in [0, 0.05) is 36.8 Å². The van der Waals surface area contributed by atoms with Gasteiger partial charge in [0.1, 0.15) is 0 Å². The first kappa shape index (κ1) is 21.2. The molecule has 1 amide bonds. The molecule has 6 heteroatoms. The molecular formula is C20H31BrN2O3. The molecule has 0 saturated carbocycles. The molecule has 0 aliphatic carbocycles. The summed E-state index contributed by atoms with van der Waals surface area (Å²) < 4.78 is 6.27. The summed E-state index contributed by atoms with van der Waals surface area (Å²) in [6, 6.07) is 8.91. The number of likely N-dealkylation sites (tertiary alicyclic amines) is 1. The summed E-state index contributed by atoms with van der Waals surface area (Å²) in [5.74, 6) is 0.371. The second-order valence-electron chi connectivity index (χ2n) is 6.98. The van der Waals surface area contributed by atoms with E-state index in [0.29, 0.717) is 25.1 Å². The average Bonchev–Trinajstić information content (AvgIpc) is 2.65. The van der Waals surface area contributed by atoms with E-state index in [1.807, 2.05) is 11.8 Å². The van der Waals surface area contributed by atoms with Crippen LogP contribution in [0.4, 0.5) is 4.79 Å². The van der Waals surface area contributed by atoms with Gasteiger partial charge >= 0.3 is 6.09 Å². The summed E-state index contributed by atoms with van der Waals surface area (Å²) in [4.78, 5) is 16.3. The molecule has 0 aromatic heterocycles. The number of hydrogen-bond acceptors (Lipinski definition) is 4. The van der Waals surface area contributed by atoms with Crippen molar-refractivity contribution in [1.82, 2.24) is 9.80 Å². The molecule has 1 saturated heterocycles. The summed E-state index contributed by atoms with van der Waals surface area (Å²) in [7, 11) is 2.18. The number of ether oxygens (including phenoxy) is 1. The van der Waals surface area contributed by atoms with Crippen molar-refractivity contribution in [2.75, 3.05) is 39.9 Å². The lowest BCUT2D eigenvalue weighted by atomic mass is 9.87. The zero-order valence-corrected chi connectivity index (χ0v) is 17.5.